The lowest BCUT2D eigenvalue weighted by Crippen LogP contribution is -2.34. The van der Waals surface area contributed by atoms with Gasteiger partial charge in [-0.2, -0.15) is 0 Å². The molecule has 0 bridgehead atoms. The number of alkyl carbamates (subject to hydrolysis) is 1. The van der Waals surface area contributed by atoms with E-state index < -0.39 is 11.7 Å². The second-order valence-corrected chi connectivity index (χ2v) is 8.57. The lowest BCUT2D eigenvalue weighted by Gasteiger charge is -2.25. The van der Waals surface area contributed by atoms with Gasteiger partial charge in [0.15, 0.2) is 0 Å². The quantitative estimate of drug-likeness (QED) is 0.592. The Hall–Kier alpha value is -2.24. The van der Waals surface area contributed by atoms with Gasteiger partial charge in [-0.15, -0.1) is 0 Å². The standard InChI is InChI=1S/C22H35NO5/c1-7-26-19(24)16-17-9-8-10-18(15-17)27-14-12-22(5,6)11-13-23-20(25)28-21(2,3)4/h8-10,15H,7,11-14,16H2,1-6H3,(H,23,25). The number of carbonyl (C=O) groups excluding carboxylic acids is 2. The monoisotopic (exact) mass is 393 g/mol. The first-order valence-corrected chi connectivity index (χ1v) is 9.85. The average Bonchev–Trinajstić information content (AvgIpc) is 2.53. The molecule has 0 unspecified atom stereocenters. The number of amides is 1. The van der Waals surface area contributed by atoms with Crippen molar-refractivity contribution in [2.75, 3.05) is 19.8 Å². The van der Waals surface area contributed by atoms with Crippen LogP contribution >= 0.6 is 0 Å². The minimum atomic E-state index is -0.491. The van der Waals surface area contributed by atoms with Crippen molar-refractivity contribution in [3.8, 4) is 5.75 Å². The summed E-state index contributed by atoms with van der Waals surface area (Å²) in [5.74, 6) is 0.503. The Morgan fingerprint density at radius 2 is 1.79 bits per heavy atom. The number of rotatable bonds is 10. The smallest absolute Gasteiger partial charge is 0.407 e. The van der Waals surface area contributed by atoms with Gasteiger partial charge in [0.2, 0.25) is 0 Å². The zero-order valence-electron chi connectivity index (χ0n) is 18.1. The summed E-state index contributed by atoms with van der Waals surface area (Å²) < 4.78 is 16.1. The molecular weight excluding hydrogens is 358 g/mol. The number of nitrogens with one attached hydrogen (secondary N) is 1. The highest BCUT2D eigenvalue weighted by Gasteiger charge is 2.20. The Kier molecular flexibility index (Phi) is 9.29. The fourth-order valence-electron chi connectivity index (χ4n) is 2.51. The van der Waals surface area contributed by atoms with Gasteiger partial charge in [-0.25, -0.2) is 4.79 Å². The van der Waals surface area contributed by atoms with Crippen molar-refractivity contribution in [1.29, 1.82) is 0 Å². The maximum absolute atomic E-state index is 11.7. The Labute approximate surface area is 168 Å². The molecule has 1 N–H and O–H groups in total. The van der Waals surface area contributed by atoms with Gasteiger partial charge in [-0.3, -0.25) is 4.79 Å². The Morgan fingerprint density at radius 3 is 2.43 bits per heavy atom. The molecule has 1 aromatic rings. The predicted octanol–water partition coefficient (Wildman–Crippen LogP) is 4.50. The van der Waals surface area contributed by atoms with Crippen LogP contribution in [0.2, 0.25) is 0 Å². The van der Waals surface area contributed by atoms with Crippen molar-refractivity contribution in [2.45, 2.75) is 66.4 Å². The summed E-state index contributed by atoms with van der Waals surface area (Å²) >= 11 is 0. The molecule has 6 nitrogen and oxygen atoms in total. The third kappa shape index (κ3) is 10.8. The molecule has 0 spiro atoms. The van der Waals surface area contributed by atoms with Gasteiger partial charge in [0.1, 0.15) is 11.4 Å². The molecule has 0 atom stereocenters. The molecule has 1 aromatic carbocycles. The second kappa shape index (κ2) is 10.9. The summed E-state index contributed by atoms with van der Waals surface area (Å²) in [4.78, 5) is 23.3. The van der Waals surface area contributed by atoms with Crippen LogP contribution in [0, 0.1) is 5.41 Å². The second-order valence-electron chi connectivity index (χ2n) is 8.57. The molecule has 0 radical (unpaired) electrons. The summed E-state index contributed by atoms with van der Waals surface area (Å²) in [6, 6.07) is 7.51. The number of benzene rings is 1. The van der Waals surface area contributed by atoms with Crippen LogP contribution in [0.1, 0.15) is 59.9 Å². The molecule has 0 saturated heterocycles. The van der Waals surface area contributed by atoms with Crippen molar-refractivity contribution in [3.05, 3.63) is 29.8 Å². The molecule has 158 valence electrons. The van der Waals surface area contributed by atoms with E-state index in [0.717, 1.165) is 24.2 Å². The van der Waals surface area contributed by atoms with E-state index in [-0.39, 0.29) is 17.8 Å². The van der Waals surface area contributed by atoms with Gasteiger partial charge in [-0.1, -0.05) is 26.0 Å². The predicted molar refractivity (Wildman–Crippen MR) is 110 cm³/mol. The number of hydrogen-bond donors (Lipinski definition) is 1. The highest BCUT2D eigenvalue weighted by atomic mass is 16.6. The fraction of sp³-hybridized carbons (Fsp3) is 0.636. The van der Waals surface area contributed by atoms with Crippen LogP contribution < -0.4 is 10.1 Å². The molecule has 0 heterocycles. The summed E-state index contributed by atoms with van der Waals surface area (Å²) in [5.41, 5.74) is 0.393. The van der Waals surface area contributed by atoms with Crippen LogP contribution in [0.3, 0.4) is 0 Å². The van der Waals surface area contributed by atoms with Crippen molar-refractivity contribution >= 4 is 12.1 Å². The molecule has 0 aliphatic rings. The van der Waals surface area contributed by atoms with E-state index in [9.17, 15) is 9.59 Å². The Bertz CT molecular complexity index is 634. The van der Waals surface area contributed by atoms with Gasteiger partial charge >= 0.3 is 12.1 Å². The van der Waals surface area contributed by atoms with Crippen molar-refractivity contribution < 1.29 is 23.8 Å². The lowest BCUT2D eigenvalue weighted by atomic mass is 9.86. The maximum atomic E-state index is 11.7. The van der Waals surface area contributed by atoms with E-state index in [2.05, 4.69) is 19.2 Å². The van der Waals surface area contributed by atoms with Crippen LogP contribution in [-0.2, 0) is 20.7 Å². The van der Waals surface area contributed by atoms with Crippen molar-refractivity contribution in [2.24, 2.45) is 5.41 Å². The van der Waals surface area contributed by atoms with Crippen molar-refractivity contribution in [1.82, 2.24) is 5.32 Å². The molecule has 0 aliphatic carbocycles. The number of carbonyl (C=O) groups is 2. The number of hydrogen-bond acceptors (Lipinski definition) is 5. The van der Waals surface area contributed by atoms with E-state index in [4.69, 9.17) is 14.2 Å². The van der Waals surface area contributed by atoms with Crippen LogP contribution in [-0.4, -0.2) is 37.4 Å². The molecule has 1 rings (SSSR count). The summed E-state index contributed by atoms with van der Waals surface area (Å²) in [7, 11) is 0. The van der Waals surface area contributed by atoms with E-state index in [1.807, 2.05) is 45.0 Å². The fourth-order valence-corrected chi connectivity index (χ4v) is 2.51. The molecule has 0 fully saturated rings. The molecule has 0 aliphatic heterocycles. The topological polar surface area (TPSA) is 73.9 Å². The highest BCUT2D eigenvalue weighted by molar-refractivity contribution is 5.72. The van der Waals surface area contributed by atoms with Gasteiger partial charge in [0.25, 0.3) is 0 Å². The molecule has 28 heavy (non-hydrogen) atoms. The third-order valence-corrected chi connectivity index (χ3v) is 4.07. The zero-order chi connectivity index (χ0) is 21.2. The first-order chi connectivity index (χ1) is 13.0. The number of esters is 1. The van der Waals surface area contributed by atoms with Gasteiger partial charge < -0.3 is 19.5 Å². The Morgan fingerprint density at radius 1 is 1.07 bits per heavy atom. The molecule has 0 aromatic heterocycles. The average molecular weight is 394 g/mol. The normalized spacial score (nSPS) is 11.6. The van der Waals surface area contributed by atoms with Crippen LogP contribution in [0.4, 0.5) is 4.79 Å². The van der Waals surface area contributed by atoms with E-state index in [1.54, 1.807) is 6.92 Å². The van der Waals surface area contributed by atoms with Crippen LogP contribution in [0.15, 0.2) is 24.3 Å². The summed E-state index contributed by atoms with van der Waals surface area (Å²) in [5, 5.41) is 2.79. The van der Waals surface area contributed by atoms with E-state index in [1.165, 1.54) is 0 Å². The third-order valence-electron chi connectivity index (χ3n) is 4.07. The Balaban J connectivity index is 2.37. The van der Waals surface area contributed by atoms with Gasteiger partial charge in [0.05, 0.1) is 19.6 Å². The van der Waals surface area contributed by atoms with Crippen LogP contribution in [0.5, 0.6) is 5.75 Å². The largest absolute Gasteiger partial charge is 0.494 e. The summed E-state index contributed by atoms with van der Waals surface area (Å²) in [6.45, 7) is 13.1. The van der Waals surface area contributed by atoms with E-state index >= 15 is 0 Å². The maximum Gasteiger partial charge on any atom is 0.407 e. The molecule has 6 heteroatoms. The molecular formula is C22H35NO5. The lowest BCUT2D eigenvalue weighted by molar-refractivity contribution is -0.142. The minimum absolute atomic E-state index is 0.0115. The summed E-state index contributed by atoms with van der Waals surface area (Å²) in [6.07, 6.45) is 1.51. The van der Waals surface area contributed by atoms with Gasteiger partial charge in [0, 0.05) is 6.54 Å². The first-order valence-electron chi connectivity index (χ1n) is 9.85. The highest BCUT2D eigenvalue weighted by Crippen LogP contribution is 2.25. The minimum Gasteiger partial charge on any atom is -0.494 e. The van der Waals surface area contributed by atoms with Crippen molar-refractivity contribution in [3.63, 3.8) is 0 Å². The van der Waals surface area contributed by atoms with E-state index in [0.29, 0.717) is 19.8 Å². The molecule has 1 amide bonds. The zero-order valence-corrected chi connectivity index (χ0v) is 18.1. The van der Waals surface area contributed by atoms with Crippen LogP contribution in [0.25, 0.3) is 0 Å². The number of ether oxygens (including phenoxy) is 3. The first kappa shape index (κ1) is 23.8. The SMILES string of the molecule is CCOC(=O)Cc1cccc(OCCC(C)(C)CCNC(=O)OC(C)(C)C)c1. The van der Waals surface area contributed by atoms with Gasteiger partial charge in [-0.05, 0) is 63.6 Å². The molecule has 0 saturated carbocycles.